The van der Waals surface area contributed by atoms with E-state index in [0.29, 0.717) is 24.8 Å². The number of carbonyl (C=O) groups excluding carboxylic acids is 4. The van der Waals surface area contributed by atoms with Crippen molar-refractivity contribution in [3.05, 3.63) is 73.7 Å². The van der Waals surface area contributed by atoms with E-state index in [2.05, 4.69) is 15.9 Å². The van der Waals surface area contributed by atoms with Crippen LogP contribution < -0.4 is 0 Å². The third kappa shape index (κ3) is 5.25. The number of hydrogen-bond acceptors (Lipinski definition) is 7. The second kappa shape index (κ2) is 10.3. The van der Waals surface area contributed by atoms with E-state index in [4.69, 9.17) is 4.74 Å². The molecular formula is C22H19BrN2O7. The normalized spacial score (nSPS) is 12.6. The maximum absolute atomic E-state index is 12.5. The number of carbonyl (C=O) groups is 4. The first-order chi connectivity index (χ1) is 15.3. The lowest BCUT2D eigenvalue weighted by atomic mass is 10.1. The highest BCUT2D eigenvalue weighted by atomic mass is 79.9. The van der Waals surface area contributed by atoms with Gasteiger partial charge in [0.25, 0.3) is 17.5 Å². The standard InChI is InChI=1S/C22H19BrN2O7/c23-15-10-8-14(9-11-15)18(26)13-32-19(27)7-2-1-3-12-24-21(28)16-5-4-6-17(25(30)31)20(16)22(24)29/h4-6,8-11H,1-3,7,12-13H2. The van der Waals surface area contributed by atoms with Crippen LogP contribution in [0.3, 0.4) is 0 Å². The zero-order chi connectivity index (χ0) is 23.3. The first-order valence-corrected chi connectivity index (χ1v) is 10.7. The molecule has 0 saturated carbocycles. The van der Waals surface area contributed by atoms with Gasteiger partial charge in [-0.05, 0) is 31.0 Å². The van der Waals surface area contributed by atoms with Crippen molar-refractivity contribution in [2.45, 2.75) is 25.7 Å². The Labute approximate surface area is 191 Å². The summed E-state index contributed by atoms with van der Waals surface area (Å²) in [4.78, 5) is 60.2. The van der Waals surface area contributed by atoms with Crippen LogP contribution in [0.4, 0.5) is 5.69 Å². The van der Waals surface area contributed by atoms with E-state index in [1.54, 1.807) is 24.3 Å². The van der Waals surface area contributed by atoms with E-state index in [1.807, 2.05) is 0 Å². The number of imide groups is 1. The van der Waals surface area contributed by atoms with Crippen LogP contribution in [-0.2, 0) is 9.53 Å². The van der Waals surface area contributed by atoms with Crippen LogP contribution >= 0.6 is 15.9 Å². The van der Waals surface area contributed by atoms with Crippen molar-refractivity contribution in [3.8, 4) is 0 Å². The number of hydrogen-bond donors (Lipinski definition) is 0. The molecule has 0 radical (unpaired) electrons. The van der Waals surface area contributed by atoms with Gasteiger partial charge in [-0.3, -0.25) is 34.2 Å². The predicted octanol–water partition coefficient (Wildman–Crippen LogP) is 3.94. The quantitative estimate of drug-likeness (QED) is 0.120. The smallest absolute Gasteiger partial charge is 0.306 e. The number of ether oxygens (including phenoxy) is 1. The summed E-state index contributed by atoms with van der Waals surface area (Å²) < 4.78 is 5.84. The average molecular weight is 503 g/mol. The van der Waals surface area contributed by atoms with Gasteiger partial charge in [0, 0.05) is 29.1 Å². The van der Waals surface area contributed by atoms with Crippen molar-refractivity contribution >= 4 is 45.2 Å². The molecule has 0 bridgehead atoms. The summed E-state index contributed by atoms with van der Waals surface area (Å²) in [6.45, 7) is -0.241. The molecule has 32 heavy (non-hydrogen) atoms. The Morgan fingerprint density at radius 3 is 2.41 bits per heavy atom. The third-order valence-electron chi connectivity index (χ3n) is 4.97. The number of esters is 1. The number of amides is 2. The number of Topliss-reactive ketones (excluding diaryl/α,β-unsaturated/α-hetero) is 1. The number of nitro benzene ring substituents is 1. The largest absolute Gasteiger partial charge is 0.457 e. The number of fused-ring (bicyclic) bond motifs is 1. The van der Waals surface area contributed by atoms with Crippen LogP contribution in [0, 0.1) is 10.1 Å². The van der Waals surface area contributed by atoms with Gasteiger partial charge >= 0.3 is 5.97 Å². The molecule has 0 aliphatic carbocycles. The monoisotopic (exact) mass is 502 g/mol. The highest BCUT2D eigenvalue weighted by Gasteiger charge is 2.40. The molecule has 3 rings (SSSR count). The van der Waals surface area contributed by atoms with E-state index in [1.165, 1.54) is 18.2 Å². The minimum Gasteiger partial charge on any atom is -0.457 e. The summed E-state index contributed by atoms with van der Waals surface area (Å²) >= 11 is 3.28. The summed E-state index contributed by atoms with van der Waals surface area (Å²) in [6.07, 6.45) is 1.52. The predicted molar refractivity (Wildman–Crippen MR) is 116 cm³/mol. The van der Waals surface area contributed by atoms with Crippen LogP contribution in [0.5, 0.6) is 0 Å². The number of unbranched alkanes of at least 4 members (excludes halogenated alkanes) is 2. The molecule has 2 aromatic carbocycles. The van der Waals surface area contributed by atoms with Gasteiger partial charge in [-0.1, -0.05) is 40.5 Å². The fraction of sp³-hybridized carbons (Fsp3) is 0.273. The molecule has 0 spiro atoms. The third-order valence-corrected chi connectivity index (χ3v) is 5.50. The lowest BCUT2D eigenvalue weighted by molar-refractivity contribution is -0.385. The SMILES string of the molecule is O=C(CCCCCN1C(=O)c2cccc([N+](=O)[O-])c2C1=O)OCC(=O)c1ccc(Br)cc1. The molecule has 1 aliphatic rings. The molecule has 0 fully saturated rings. The first kappa shape index (κ1) is 23.3. The molecule has 1 heterocycles. The van der Waals surface area contributed by atoms with Crippen molar-refractivity contribution in [1.82, 2.24) is 4.90 Å². The number of nitro groups is 1. The number of nitrogens with zero attached hydrogens (tertiary/aromatic N) is 2. The van der Waals surface area contributed by atoms with Crippen molar-refractivity contribution in [2.24, 2.45) is 0 Å². The molecule has 2 amide bonds. The second-order valence-corrected chi connectivity index (χ2v) is 8.04. The lowest BCUT2D eigenvalue weighted by Gasteiger charge is -2.13. The number of benzene rings is 2. The van der Waals surface area contributed by atoms with Crippen molar-refractivity contribution in [2.75, 3.05) is 13.2 Å². The minimum atomic E-state index is -0.680. The average Bonchev–Trinajstić information content (AvgIpc) is 3.02. The van der Waals surface area contributed by atoms with Gasteiger partial charge in [0.15, 0.2) is 12.4 Å². The van der Waals surface area contributed by atoms with Crippen LogP contribution in [0.2, 0.25) is 0 Å². The molecular weight excluding hydrogens is 484 g/mol. The highest BCUT2D eigenvalue weighted by molar-refractivity contribution is 9.10. The van der Waals surface area contributed by atoms with Gasteiger partial charge in [-0.25, -0.2) is 0 Å². The van der Waals surface area contributed by atoms with Crippen LogP contribution in [-0.4, -0.2) is 46.5 Å². The van der Waals surface area contributed by atoms with E-state index < -0.39 is 22.7 Å². The van der Waals surface area contributed by atoms with E-state index in [9.17, 15) is 29.3 Å². The van der Waals surface area contributed by atoms with Crippen molar-refractivity contribution in [1.29, 1.82) is 0 Å². The highest BCUT2D eigenvalue weighted by Crippen LogP contribution is 2.30. The zero-order valence-electron chi connectivity index (χ0n) is 16.9. The Morgan fingerprint density at radius 1 is 1.00 bits per heavy atom. The van der Waals surface area contributed by atoms with E-state index in [-0.39, 0.29) is 42.2 Å². The first-order valence-electron chi connectivity index (χ1n) is 9.87. The molecule has 0 N–H and O–H groups in total. The second-order valence-electron chi connectivity index (χ2n) is 7.12. The maximum atomic E-state index is 12.5. The molecule has 10 heteroatoms. The van der Waals surface area contributed by atoms with E-state index >= 15 is 0 Å². The van der Waals surface area contributed by atoms with Crippen LogP contribution in [0.1, 0.15) is 56.8 Å². The van der Waals surface area contributed by atoms with Crippen LogP contribution in [0.25, 0.3) is 0 Å². The summed E-state index contributed by atoms with van der Waals surface area (Å²) in [5.74, 6) is -2.04. The van der Waals surface area contributed by atoms with Crippen molar-refractivity contribution in [3.63, 3.8) is 0 Å². The summed E-state index contributed by atoms with van der Waals surface area (Å²) in [7, 11) is 0. The maximum Gasteiger partial charge on any atom is 0.306 e. The van der Waals surface area contributed by atoms with Gasteiger partial charge in [-0.15, -0.1) is 0 Å². The fourth-order valence-electron chi connectivity index (χ4n) is 3.32. The van der Waals surface area contributed by atoms with Gasteiger partial charge in [0.1, 0.15) is 5.56 Å². The lowest BCUT2D eigenvalue weighted by Crippen LogP contribution is -2.30. The molecule has 2 aromatic rings. The summed E-state index contributed by atoms with van der Waals surface area (Å²) in [5.41, 5.74) is -0.0873. The Morgan fingerprint density at radius 2 is 1.72 bits per heavy atom. The van der Waals surface area contributed by atoms with Gasteiger partial charge in [-0.2, -0.15) is 0 Å². The number of ketones is 1. The van der Waals surface area contributed by atoms with Gasteiger partial charge in [0.2, 0.25) is 0 Å². The molecule has 0 unspecified atom stereocenters. The van der Waals surface area contributed by atoms with Gasteiger partial charge in [0.05, 0.1) is 10.5 Å². The summed E-state index contributed by atoms with van der Waals surface area (Å²) in [6, 6.07) is 10.7. The Hall–Kier alpha value is -3.40. The molecule has 9 nitrogen and oxygen atoms in total. The molecule has 1 aliphatic heterocycles. The molecule has 0 atom stereocenters. The summed E-state index contributed by atoms with van der Waals surface area (Å²) in [5, 5.41) is 11.1. The molecule has 166 valence electrons. The topological polar surface area (TPSA) is 124 Å². The zero-order valence-corrected chi connectivity index (χ0v) is 18.5. The molecule has 0 saturated heterocycles. The van der Waals surface area contributed by atoms with E-state index in [0.717, 1.165) is 9.37 Å². The Kier molecular flexibility index (Phi) is 7.47. The van der Waals surface area contributed by atoms with Crippen LogP contribution in [0.15, 0.2) is 46.9 Å². The van der Waals surface area contributed by atoms with Crippen molar-refractivity contribution < 1.29 is 28.8 Å². The Balaban J connectivity index is 1.40. The van der Waals surface area contributed by atoms with Gasteiger partial charge < -0.3 is 4.74 Å². The Bertz CT molecular complexity index is 1080. The minimum absolute atomic E-state index is 0.0308. The fourth-order valence-corrected chi connectivity index (χ4v) is 3.59. The number of rotatable bonds is 10. The molecule has 0 aromatic heterocycles. The number of halogens is 1.